The van der Waals surface area contributed by atoms with Gasteiger partial charge < -0.3 is 20.7 Å². The number of rotatable bonds is 8. The Morgan fingerprint density at radius 1 is 1.33 bits per heavy atom. The standard InChI is InChI=1S/C13H22N4O2S.HI/c1-14-13(16-6-5-11-4-3-9-20-11)17-10-12(18)15-7-8-19-2;/h3-4,9H,5-8,10H2,1-2H3,(H,15,18)(H2,14,16,17);1H. The van der Waals surface area contributed by atoms with Gasteiger partial charge in [0.05, 0.1) is 13.2 Å². The molecule has 3 N–H and O–H groups in total. The molecule has 1 rings (SSSR count). The first kappa shape index (κ1) is 20.1. The summed E-state index contributed by atoms with van der Waals surface area (Å²) >= 11 is 1.74. The first-order valence-electron chi connectivity index (χ1n) is 6.48. The van der Waals surface area contributed by atoms with E-state index in [0.29, 0.717) is 19.1 Å². The number of hydrogen-bond donors (Lipinski definition) is 3. The summed E-state index contributed by atoms with van der Waals surface area (Å²) < 4.78 is 4.86. The van der Waals surface area contributed by atoms with Crippen molar-refractivity contribution in [3.63, 3.8) is 0 Å². The molecule has 1 heterocycles. The molecule has 6 nitrogen and oxygen atoms in total. The summed E-state index contributed by atoms with van der Waals surface area (Å²) in [7, 11) is 3.28. The summed E-state index contributed by atoms with van der Waals surface area (Å²) in [6.07, 6.45) is 0.943. The highest BCUT2D eigenvalue weighted by Gasteiger charge is 2.03. The van der Waals surface area contributed by atoms with E-state index in [1.54, 1.807) is 25.5 Å². The second kappa shape index (κ2) is 12.8. The van der Waals surface area contributed by atoms with Gasteiger partial charge in [-0.3, -0.25) is 9.79 Å². The van der Waals surface area contributed by atoms with Crippen LogP contribution in [-0.2, 0) is 16.0 Å². The van der Waals surface area contributed by atoms with Gasteiger partial charge in [-0.1, -0.05) is 6.07 Å². The largest absolute Gasteiger partial charge is 0.383 e. The topological polar surface area (TPSA) is 74.8 Å². The van der Waals surface area contributed by atoms with Crippen LogP contribution in [0.15, 0.2) is 22.5 Å². The minimum atomic E-state index is -0.0803. The lowest BCUT2D eigenvalue weighted by atomic mass is 10.3. The molecule has 1 aromatic rings. The van der Waals surface area contributed by atoms with E-state index in [-0.39, 0.29) is 36.4 Å². The maximum absolute atomic E-state index is 11.5. The first-order chi connectivity index (χ1) is 9.76. The normalized spacial score (nSPS) is 10.7. The number of ether oxygens (including phenoxy) is 1. The fraction of sp³-hybridized carbons (Fsp3) is 0.538. The number of amides is 1. The highest BCUT2D eigenvalue weighted by molar-refractivity contribution is 14.0. The Hall–Kier alpha value is -0.870. The van der Waals surface area contributed by atoms with Crippen molar-refractivity contribution in [2.45, 2.75) is 6.42 Å². The Morgan fingerprint density at radius 2 is 2.14 bits per heavy atom. The van der Waals surface area contributed by atoms with Gasteiger partial charge in [-0.05, 0) is 17.9 Å². The summed E-state index contributed by atoms with van der Waals surface area (Å²) in [5.41, 5.74) is 0. The molecular formula is C13H23IN4O2S. The van der Waals surface area contributed by atoms with Crippen LogP contribution in [0.3, 0.4) is 0 Å². The summed E-state index contributed by atoms with van der Waals surface area (Å²) in [6, 6.07) is 4.14. The van der Waals surface area contributed by atoms with E-state index in [4.69, 9.17) is 4.74 Å². The van der Waals surface area contributed by atoms with Gasteiger partial charge in [0.2, 0.25) is 5.91 Å². The molecule has 0 aliphatic carbocycles. The van der Waals surface area contributed by atoms with E-state index >= 15 is 0 Å². The third kappa shape index (κ3) is 9.64. The van der Waals surface area contributed by atoms with Crippen LogP contribution in [0.5, 0.6) is 0 Å². The Kier molecular flexibility index (Phi) is 12.3. The molecule has 0 unspecified atom stereocenters. The number of hydrogen-bond acceptors (Lipinski definition) is 4. The minimum absolute atomic E-state index is 0. The number of nitrogens with zero attached hydrogens (tertiary/aromatic N) is 1. The fourth-order valence-electron chi connectivity index (χ4n) is 1.50. The highest BCUT2D eigenvalue weighted by Crippen LogP contribution is 2.07. The molecular weight excluding hydrogens is 403 g/mol. The molecule has 0 saturated carbocycles. The number of nitrogens with one attached hydrogen (secondary N) is 3. The zero-order valence-corrected chi connectivity index (χ0v) is 15.5. The Balaban J connectivity index is 0.00000400. The number of guanidine groups is 1. The van der Waals surface area contributed by atoms with Gasteiger partial charge in [0.25, 0.3) is 0 Å². The van der Waals surface area contributed by atoms with Crippen molar-refractivity contribution < 1.29 is 9.53 Å². The van der Waals surface area contributed by atoms with E-state index in [2.05, 4.69) is 32.4 Å². The van der Waals surface area contributed by atoms with Crippen LogP contribution in [0.2, 0.25) is 0 Å². The summed E-state index contributed by atoms with van der Waals surface area (Å²) in [4.78, 5) is 16.9. The van der Waals surface area contributed by atoms with Crippen molar-refractivity contribution in [1.29, 1.82) is 0 Å². The molecule has 1 amide bonds. The van der Waals surface area contributed by atoms with Crippen LogP contribution in [0.25, 0.3) is 0 Å². The van der Waals surface area contributed by atoms with Crippen LogP contribution in [0.4, 0.5) is 0 Å². The Morgan fingerprint density at radius 3 is 2.76 bits per heavy atom. The molecule has 0 aromatic carbocycles. The van der Waals surface area contributed by atoms with Gasteiger partial charge in [-0.15, -0.1) is 35.3 Å². The maximum Gasteiger partial charge on any atom is 0.239 e. The second-order valence-corrected chi connectivity index (χ2v) is 5.06. The van der Waals surface area contributed by atoms with Gasteiger partial charge in [-0.25, -0.2) is 0 Å². The molecule has 8 heteroatoms. The van der Waals surface area contributed by atoms with Crippen LogP contribution in [0.1, 0.15) is 4.88 Å². The predicted octanol–water partition coefficient (Wildman–Crippen LogP) is 0.836. The average Bonchev–Trinajstić information content (AvgIpc) is 2.96. The molecule has 1 aromatic heterocycles. The third-order valence-electron chi connectivity index (χ3n) is 2.51. The summed E-state index contributed by atoms with van der Waals surface area (Å²) in [6.45, 7) is 2.01. The third-order valence-corrected chi connectivity index (χ3v) is 3.45. The van der Waals surface area contributed by atoms with Crippen molar-refractivity contribution in [3.8, 4) is 0 Å². The first-order valence-corrected chi connectivity index (χ1v) is 7.36. The maximum atomic E-state index is 11.5. The summed E-state index contributed by atoms with van der Waals surface area (Å²) in [5, 5.41) is 10.9. The molecule has 21 heavy (non-hydrogen) atoms. The quantitative estimate of drug-likeness (QED) is 0.249. The second-order valence-electron chi connectivity index (χ2n) is 4.02. The molecule has 0 saturated heterocycles. The molecule has 0 atom stereocenters. The number of carbonyl (C=O) groups excluding carboxylic acids is 1. The Labute approximate surface area is 146 Å². The van der Waals surface area contributed by atoms with E-state index in [0.717, 1.165) is 13.0 Å². The smallest absolute Gasteiger partial charge is 0.239 e. The molecule has 0 radical (unpaired) electrons. The molecule has 0 aliphatic heterocycles. The fourth-order valence-corrected chi connectivity index (χ4v) is 2.21. The van der Waals surface area contributed by atoms with Crippen molar-refractivity contribution in [2.24, 2.45) is 4.99 Å². The number of carbonyl (C=O) groups is 1. The summed E-state index contributed by atoms with van der Waals surface area (Å²) in [5.74, 6) is 0.548. The predicted molar refractivity (Wildman–Crippen MR) is 97.7 cm³/mol. The molecule has 0 fully saturated rings. The number of halogens is 1. The SMILES string of the molecule is CN=C(NCCc1cccs1)NCC(=O)NCCOC.I. The van der Waals surface area contributed by atoms with E-state index < -0.39 is 0 Å². The minimum Gasteiger partial charge on any atom is -0.383 e. The number of methoxy groups -OCH3 is 1. The number of thiophene rings is 1. The zero-order chi connectivity index (χ0) is 14.6. The van der Waals surface area contributed by atoms with Gasteiger partial charge in [0.15, 0.2) is 5.96 Å². The molecule has 0 bridgehead atoms. The van der Waals surface area contributed by atoms with Crippen molar-refractivity contribution >= 4 is 47.2 Å². The van der Waals surface area contributed by atoms with Crippen LogP contribution in [-0.4, -0.2) is 52.3 Å². The van der Waals surface area contributed by atoms with E-state index in [9.17, 15) is 4.79 Å². The zero-order valence-electron chi connectivity index (χ0n) is 12.3. The van der Waals surface area contributed by atoms with Crippen molar-refractivity contribution in [2.75, 3.05) is 40.4 Å². The Bertz CT molecular complexity index is 412. The number of aliphatic imine (C=N–C) groups is 1. The van der Waals surface area contributed by atoms with Crippen LogP contribution in [0, 0.1) is 0 Å². The van der Waals surface area contributed by atoms with E-state index in [1.807, 2.05) is 6.07 Å². The van der Waals surface area contributed by atoms with Crippen molar-refractivity contribution in [3.05, 3.63) is 22.4 Å². The highest BCUT2D eigenvalue weighted by atomic mass is 127. The van der Waals surface area contributed by atoms with Crippen LogP contribution >= 0.6 is 35.3 Å². The van der Waals surface area contributed by atoms with Gasteiger partial charge in [-0.2, -0.15) is 0 Å². The monoisotopic (exact) mass is 426 g/mol. The van der Waals surface area contributed by atoms with Gasteiger partial charge >= 0.3 is 0 Å². The van der Waals surface area contributed by atoms with Gasteiger partial charge in [0, 0.05) is 32.1 Å². The lowest BCUT2D eigenvalue weighted by Crippen LogP contribution is -2.44. The van der Waals surface area contributed by atoms with Crippen LogP contribution < -0.4 is 16.0 Å². The average molecular weight is 426 g/mol. The van der Waals surface area contributed by atoms with Gasteiger partial charge in [0.1, 0.15) is 0 Å². The lowest BCUT2D eigenvalue weighted by Gasteiger charge is -2.11. The lowest BCUT2D eigenvalue weighted by molar-refractivity contribution is -0.120. The van der Waals surface area contributed by atoms with Crippen molar-refractivity contribution in [1.82, 2.24) is 16.0 Å². The molecule has 0 spiro atoms. The van der Waals surface area contributed by atoms with E-state index in [1.165, 1.54) is 4.88 Å². The molecule has 120 valence electrons. The molecule has 0 aliphatic rings.